The van der Waals surface area contributed by atoms with Gasteiger partial charge in [0.15, 0.2) is 0 Å². The minimum Gasteiger partial charge on any atom is -0.857 e. The number of hydrogen-bond donors (Lipinski definition) is 0. The van der Waals surface area contributed by atoms with Crippen LogP contribution in [0, 0.1) is 0 Å². The van der Waals surface area contributed by atoms with E-state index in [4.69, 9.17) is 4.42 Å². The van der Waals surface area contributed by atoms with E-state index in [1.807, 2.05) is 12.1 Å². The third-order valence-corrected chi connectivity index (χ3v) is 3.25. The van der Waals surface area contributed by atoms with Crippen molar-refractivity contribution in [3.63, 3.8) is 0 Å². The van der Waals surface area contributed by atoms with Crippen LogP contribution in [-0.4, -0.2) is 16.6 Å². The fourth-order valence-corrected chi connectivity index (χ4v) is 2.04. The third kappa shape index (κ3) is 3.76. The first-order valence-electron chi connectivity index (χ1n) is 6.88. The van der Waals surface area contributed by atoms with E-state index in [2.05, 4.69) is 15.2 Å². The van der Waals surface area contributed by atoms with Crippen LogP contribution in [0.25, 0.3) is 11.0 Å². The molecule has 0 saturated heterocycles. The van der Waals surface area contributed by atoms with Crippen molar-refractivity contribution in [1.82, 2.24) is 4.98 Å². The van der Waals surface area contributed by atoms with Gasteiger partial charge in [0.2, 0.25) is 0 Å². The van der Waals surface area contributed by atoms with Crippen LogP contribution in [0.4, 0.5) is 0 Å². The van der Waals surface area contributed by atoms with E-state index in [1.54, 1.807) is 37.3 Å². The Balaban J connectivity index is 0.00000208. The van der Waals surface area contributed by atoms with Crippen LogP contribution in [0.1, 0.15) is 18.1 Å². The molecule has 0 aliphatic rings. The van der Waals surface area contributed by atoms with E-state index in [-0.39, 0.29) is 22.6 Å². The number of fused-ring (bicyclic) bond motifs is 1. The molecule has 0 aliphatic carbocycles. The largest absolute Gasteiger partial charge is 2.00 e. The third-order valence-electron chi connectivity index (χ3n) is 3.25. The van der Waals surface area contributed by atoms with Gasteiger partial charge in [0.25, 0.3) is 0 Å². The Morgan fingerprint density at radius 2 is 1.83 bits per heavy atom. The van der Waals surface area contributed by atoms with Crippen LogP contribution in [0.2, 0.25) is 0 Å². The maximum absolute atomic E-state index is 12.0. The minimum atomic E-state index is -0.517. The van der Waals surface area contributed by atoms with E-state index in [9.17, 15) is 9.90 Å². The molecule has 123 valence electrons. The summed E-state index contributed by atoms with van der Waals surface area (Å²) in [6.07, 6.45) is 2.99. The van der Waals surface area contributed by atoms with Crippen molar-refractivity contribution < 1.29 is 26.6 Å². The molecule has 3 rings (SSSR count). The molecule has 0 aliphatic heterocycles. The molecule has 0 spiro atoms. The summed E-state index contributed by atoms with van der Waals surface area (Å²) in [7, 11) is 0. The molecule has 24 heavy (non-hydrogen) atoms. The standard InChI is InChI=1S/C17H13N3O3.Cu/c1-11(19-20-16(21)12-6-8-18-9-7-12)14-10-13-4-2-3-5-15(13)23-17(14)22;/h2-10H,1H3,(H,20,21);/q;+2/p-1/b19-11+;. The van der Waals surface area contributed by atoms with Crippen LogP contribution in [0.3, 0.4) is 0 Å². The molecule has 3 aromatic rings. The quantitative estimate of drug-likeness (QED) is 0.231. The van der Waals surface area contributed by atoms with Gasteiger partial charge in [-0.05, 0) is 36.8 Å². The Bertz CT molecular complexity index is 965. The molecule has 1 aromatic carbocycles. The molecule has 0 N–H and O–H groups in total. The summed E-state index contributed by atoms with van der Waals surface area (Å²) >= 11 is 0. The van der Waals surface area contributed by atoms with Crippen molar-refractivity contribution in [3.05, 3.63) is 76.4 Å². The van der Waals surface area contributed by atoms with Gasteiger partial charge in [-0.1, -0.05) is 18.2 Å². The zero-order valence-electron chi connectivity index (χ0n) is 12.6. The van der Waals surface area contributed by atoms with E-state index >= 15 is 0 Å². The van der Waals surface area contributed by atoms with Gasteiger partial charge < -0.3 is 9.52 Å². The van der Waals surface area contributed by atoms with Gasteiger partial charge in [0.05, 0.1) is 11.3 Å². The van der Waals surface area contributed by atoms with E-state index in [0.717, 1.165) is 5.39 Å². The molecule has 0 atom stereocenters. The minimum absolute atomic E-state index is 0. The van der Waals surface area contributed by atoms with Crippen LogP contribution >= 0.6 is 0 Å². The molecule has 2 heterocycles. The Kier molecular flexibility index (Phi) is 5.63. The smallest absolute Gasteiger partial charge is 0.857 e. The first-order chi connectivity index (χ1) is 11.1. The summed E-state index contributed by atoms with van der Waals surface area (Å²) in [6.45, 7) is 1.60. The van der Waals surface area contributed by atoms with E-state index in [1.165, 1.54) is 12.4 Å². The van der Waals surface area contributed by atoms with Crippen molar-refractivity contribution in [2.24, 2.45) is 10.2 Å². The fourth-order valence-electron chi connectivity index (χ4n) is 2.04. The predicted octanol–water partition coefficient (Wildman–Crippen LogP) is 1.72. The Labute approximate surface area is 148 Å². The summed E-state index contributed by atoms with van der Waals surface area (Å²) < 4.78 is 5.23. The molecule has 0 saturated carbocycles. The molecule has 0 fully saturated rings. The topological polar surface area (TPSA) is 90.9 Å². The van der Waals surface area contributed by atoms with E-state index in [0.29, 0.717) is 16.9 Å². The molecule has 6 nitrogen and oxygen atoms in total. The van der Waals surface area contributed by atoms with Crippen LogP contribution in [0.15, 0.2) is 74.3 Å². The van der Waals surface area contributed by atoms with Gasteiger partial charge in [-0.3, -0.25) is 4.98 Å². The van der Waals surface area contributed by atoms with Crippen molar-refractivity contribution in [2.75, 3.05) is 0 Å². The zero-order chi connectivity index (χ0) is 16.2. The first kappa shape index (κ1) is 17.6. The van der Waals surface area contributed by atoms with Gasteiger partial charge in [-0.25, -0.2) is 4.79 Å². The van der Waals surface area contributed by atoms with Gasteiger partial charge >= 0.3 is 22.7 Å². The molecule has 0 bridgehead atoms. The van der Waals surface area contributed by atoms with Crippen LogP contribution < -0.4 is 10.7 Å². The second kappa shape index (κ2) is 7.68. The normalized spacial score (nSPS) is 12.0. The fraction of sp³-hybridized carbons (Fsp3) is 0.0588. The average molecular weight is 370 g/mol. The average Bonchev–Trinajstić information content (AvgIpc) is 2.59. The predicted molar refractivity (Wildman–Crippen MR) is 85.5 cm³/mol. The molecule has 2 aromatic heterocycles. The maximum atomic E-state index is 12.0. The summed E-state index contributed by atoms with van der Waals surface area (Å²) in [5.74, 6) is -0.503. The monoisotopic (exact) mass is 369 g/mol. The second-order valence-corrected chi connectivity index (χ2v) is 4.81. The van der Waals surface area contributed by atoms with Crippen molar-refractivity contribution in [3.8, 4) is 0 Å². The molecule has 0 unspecified atom stereocenters. The molecule has 1 radical (unpaired) electrons. The number of pyridine rings is 1. The van der Waals surface area contributed by atoms with Crippen molar-refractivity contribution >= 4 is 22.6 Å². The number of rotatable bonds is 3. The second-order valence-electron chi connectivity index (χ2n) is 4.81. The van der Waals surface area contributed by atoms with Crippen molar-refractivity contribution in [1.29, 1.82) is 0 Å². The Morgan fingerprint density at radius 3 is 2.58 bits per heavy atom. The summed E-state index contributed by atoms with van der Waals surface area (Å²) in [4.78, 5) is 15.8. The van der Waals surface area contributed by atoms with Crippen LogP contribution in [0.5, 0.6) is 0 Å². The number of hydrogen-bond acceptors (Lipinski definition) is 6. The van der Waals surface area contributed by atoms with Crippen LogP contribution in [-0.2, 0) is 17.1 Å². The molecular formula is C17H12CuN3O3+. The van der Waals surface area contributed by atoms with E-state index < -0.39 is 11.5 Å². The maximum Gasteiger partial charge on any atom is 2.00 e. The first-order valence-corrected chi connectivity index (χ1v) is 6.88. The summed E-state index contributed by atoms with van der Waals surface area (Å²) in [5.41, 5.74) is 0.944. The number of nitrogens with zero attached hydrogens (tertiary/aromatic N) is 3. The Hall–Kier alpha value is -2.76. The van der Waals surface area contributed by atoms with Gasteiger partial charge in [0.1, 0.15) is 5.58 Å². The SMILES string of the molecule is C/C(=N\N=C(/[O-])c1ccncc1)c1cc2ccccc2oc1=O.[Cu+2]. The molecule has 0 amide bonds. The van der Waals surface area contributed by atoms with Gasteiger partial charge in [0, 0.05) is 23.7 Å². The Morgan fingerprint density at radius 1 is 1.12 bits per heavy atom. The number of para-hydroxylation sites is 1. The number of benzene rings is 1. The molecular weight excluding hydrogens is 358 g/mol. The van der Waals surface area contributed by atoms with Gasteiger partial charge in [-0.2, -0.15) is 10.2 Å². The summed E-state index contributed by atoms with van der Waals surface area (Å²) in [5, 5.41) is 20.1. The molecule has 7 heteroatoms. The summed E-state index contributed by atoms with van der Waals surface area (Å²) in [6, 6.07) is 11.9. The van der Waals surface area contributed by atoms with Gasteiger partial charge in [-0.15, -0.1) is 0 Å². The number of aromatic nitrogens is 1. The zero-order valence-corrected chi connectivity index (χ0v) is 13.5. The van der Waals surface area contributed by atoms with Crippen molar-refractivity contribution in [2.45, 2.75) is 6.92 Å².